The minimum atomic E-state index is -1.32. The molecule has 1 saturated carbocycles. The van der Waals surface area contributed by atoms with E-state index in [4.69, 9.17) is 11.6 Å². The standard InChI is InChI=1S/C17H12ClF3N2O2/c18-12-7-10(3-4-11(12)16(24)22-9-1-2-9)23-17(25)15-13(20)5-8(19)6-14(15)21/h3-7,9H,1-2H2,(H,22,24)(H,23,25). The summed E-state index contributed by atoms with van der Waals surface area (Å²) in [6.07, 6.45) is 1.85. The van der Waals surface area contributed by atoms with Crippen molar-refractivity contribution in [3.05, 3.63) is 63.9 Å². The first-order chi connectivity index (χ1) is 11.8. The minimum absolute atomic E-state index is 0.0796. The lowest BCUT2D eigenvalue weighted by molar-refractivity contribution is 0.0950. The molecule has 0 radical (unpaired) electrons. The van der Waals surface area contributed by atoms with Crippen molar-refractivity contribution in [3.8, 4) is 0 Å². The van der Waals surface area contributed by atoms with E-state index in [1.165, 1.54) is 18.2 Å². The molecule has 0 unspecified atom stereocenters. The van der Waals surface area contributed by atoms with Gasteiger partial charge in [0.1, 0.15) is 23.0 Å². The number of hydrogen-bond acceptors (Lipinski definition) is 2. The Bertz CT molecular complexity index is 846. The van der Waals surface area contributed by atoms with Crippen LogP contribution >= 0.6 is 11.6 Å². The van der Waals surface area contributed by atoms with Gasteiger partial charge in [0.15, 0.2) is 0 Å². The Balaban J connectivity index is 1.78. The SMILES string of the molecule is O=C(NC1CC1)c1ccc(NC(=O)c2c(F)cc(F)cc2F)cc1Cl. The normalized spacial score (nSPS) is 13.4. The van der Waals surface area contributed by atoms with Gasteiger partial charge < -0.3 is 10.6 Å². The summed E-state index contributed by atoms with van der Waals surface area (Å²) < 4.78 is 40.1. The summed E-state index contributed by atoms with van der Waals surface area (Å²) in [5.74, 6) is -5.19. The van der Waals surface area contributed by atoms with Crippen LogP contribution in [0.1, 0.15) is 33.6 Å². The summed E-state index contributed by atoms with van der Waals surface area (Å²) in [5.41, 5.74) is -0.542. The van der Waals surface area contributed by atoms with Gasteiger partial charge in [-0.2, -0.15) is 0 Å². The average molecular weight is 369 g/mol. The zero-order valence-corrected chi connectivity index (χ0v) is 13.5. The molecular weight excluding hydrogens is 357 g/mol. The monoisotopic (exact) mass is 368 g/mol. The molecule has 0 bridgehead atoms. The van der Waals surface area contributed by atoms with Crippen LogP contribution in [-0.2, 0) is 0 Å². The van der Waals surface area contributed by atoms with Crippen LogP contribution in [0.3, 0.4) is 0 Å². The molecule has 2 aromatic carbocycles. The maximum absolute atomic E-state index is 13.6. The molecule has 0 heterocycles. The predicted octanol–water partition coefficient (Wildman–Crippen LogP) is 3.90. The summed E-state index contributed by atoms with van der Waals surface area (Å²) in [6.45, 7) is 0. The van der Waals surface area contributed by atoms with Crippen molar-refractivity contribution in [1.29, 1.82) is 0 Å². The molecule has 2 aromatic rings. The molecule has 0 spiro atoms. The van der Waals surface area contributed by atoms with Crippen molar-refractivity contribution < 1.29 is 22.8 Å². The maximum atomic E-state index is 13.6. The van der Waals surface area contributed by atoms with E-state index in [0.717, 1.165) is 12.8 Å². The number of anilines is 1. The third kappa shape index (κ3) is 3.93. The predicted molar refractivity (Wildman–Crippen MR) is 86.2 cm³/mol. The van der Waals surface area contributed by atoms with Gasteiger partial charge in [-0.25, -0.2) is 13.2 Å². The van der Waals surface area contributed by atoms with Crippen molar-refractivity contribution in [2.45, 2.75) is 18.9 Å². The summed E-state index contributed by atoms with van der Waals surface area (Å²) >= 11 is 6.03. The number of amides is 2. The molecule has 2 N–H and O–H groups in total. The van der Waals surface area contributed by atoms with Crippen molar-refractivity contribution in [2.24, 2.45) is 0 Å². The highest BCUT2D eigenvalue weighted by atomic mass is 35.5. The van der Waals surface area contributed by atoms with Crippen LogP contribution in [0.15, 0.2) is 30.3 Å². The van der Waals surface area contributed by atoms with E-state index in [-0.39, 0.29) is 28.2 Å². The van der Waals surface area contributed by atoms with Crippen molar-refractivity contribution in [1.82, 2.24) is 5.32 Å². The van der Waals surface area contributed by atoms with Crippen LogP contribution in [0.25, 0.3) is 0 Å². The van der Waals surface area contributed by atoms with E-state index in [0.29, 0.717) is 12.1 Å². The lowest BCUT2D eigenvalue weighted by atomic mass is 10.1. The Morgan fingerprint density at radius 1 is 1.00 bits per heavy atom. The van der Waals surface area contributed by atoms with Gasteiger partial charge in [0.2, 0.25) is 0 Å². The Hall–Kier alpha value is -2.54. The molecule has 130 valence electrons. The topological polar surface area (TPSA) is 58.2 Å². The van der Waals surface area contributed by atoms with E-state index in [1.807, 2.05) is 0 Å². The first kappa shape index (κ1) is 17.3. The van der Waals surface area contributed by atoms with E-state index in [2.05, 4.69) is 10.6 Å². The number of hydrogen-bond donors (Lipinski definition) is 2. The summed E-state index contributed by atoms with van der Waals surface area (Å²) in [6, 6.07) is 5.05. The molecule has 8 heteroatoms. The second kappa shape index (κ2) is 6.76. The lowest BCUT2D eigenvalue weighted by Crippen LogP contribution is -2.25. The third-order valence-corrected chi connectivity index (χ3v) is 3.93. The molecule has 0 aliphatic heterocycles. The van der Waals surface area contributed by atoms with Crippen molar-refractivity contribution >= 4 is 29.1 Å². The second-order valence-electron chi connectivity index (χ2n) is 5.64. The molecule has 0 atom stereocenters. The van der Waals surface area contributed by atoms with Gasteiger partial charge in [-0.05, 0) is 31.0 Å². The Kier molecular flexibility index (Phi) is 4.67. The third-order valence-electron chi connectivity index (χ3n) is 3.62. The fourth-order valence-corrected chi connectivity index (χ4v) is 2.49. The summed E-state index contributed by atoms with van der Waals surface area (Å²) in [4.78, 5) is 24.0. The number of carbonyl (C=O) groups is 2. The first-order valence-corrected chi connectivity index (χ1v) is 7.79. The summed E-state index contributed by atoms with van der Waals surface area (Å²) in [5, 5.41) is 5.11. The van der Waals surface area contributed by atoms with E-state index < -0.39 is 28.9 Å². The van der Waals surface area contributed by atoms with Gasteiger partial charge in [-0.1, -0.05) is 11.6 Å². The molecule has 1 aliphatic rings. The minimum Gasteiger partial charge on any atom is -0.349 e. The van der Waals surface area contributed by atoms with Gasteiger partial charge in [0.25, 0.3) is 11.8 Å². The average Bonchev–Trinajstić information content (AvgIpc) is 3.29. The molecule has 1 aliphatic carbocycles. The highest BCUT2D eigenvalue weighted by Crippen LogP contribution is 2.25. The maximum Gasteiger partial charge on any atom is 0.261 e. The van der Waals surface area contributed by atoms with Crippen LogP contribution in [0.5, 0.6) is 0 Å². The molecule has 0 aromatic heterocycles. The largest absolute Gasteiger partial charge is 0.349 e. The van der Waals surface area contributed by atoms with Gasteiger partial charge in [-0.3, -0.25) is 9.59 Å². The molecule has 1 fully saturated rings. The Labute approximate surface area is 146 Å². The van der Waals surface area contributed by atoms with Crippen LogP contribution < -0.4 is 10.6 Å². The van der Waals surface area contributed by atoms with E-state index in [9.17, 15) is 22.8 Å². The number of benzene rings is 2. The molecule has 25 heavy (non-hydrogen) atoms. The molecule has 0 saturated heterocycles. The van der Waals surface area contributed by atoms with Gasteiger partial charge in [0, 0.05) is 23.9 Å². The Morgan fingerprint density at radius 2 is 1.64 bits per heavy atom. The highest BCUT2D eigenvalue weighted by Gasteiger charge is 2.25. The Morgan fingerprint density at radius 3 is 2.20 bits per heavy atom. The fourth-order valence-electron chi connectivity index (χ4n) is 2.22. The van der Waals surface area contributed by atoms with E-state index in [1.54, 1.807) is 0 Å². The van der Waals surface area contributed by atoms with Gasteiger partial charge in [-0.15, -0.1) is 0 Å². The second-order valence-corrected chi connectivity index (χ2v) is 6.05. The molecule has 2 amide bonds. The number of nitrogens with one attached hydrogen (secondary N) is 2. The quantitative estimate of drug-likeness (QED) is 0.859. The van der Waals surface area contributed by atoms with Crippen molar-refractivity contribution in [3.63, 3.8) is 0 Å². The van der Waals surface area contributed by atoms with Crippen LogP contribution in [0.4, 0.5) is 18.9 Å². The summed E-state index contributed by atoms with van der Waals surface area (Å²) in [7, 11) is 0. The molecule has 4 nitrogen and oxygen atoms in total. The zero-order valence-electron chi connectivity index (χ0n) is 12.7. The number of carbonyl (C=O) groups excluding carboxylic acids is 2. The molecular formula is C17H12ClF3N2O2. The van der Waals surface area contributed by atoms with Gasteiger partial charge >= 0.3 is 0 Å². The van der Waals surface area contributed by atoms with Crippen LogP contribution in [0, 0.1) is 17.5 Å². The zero-order chi connectivity index (χ0) is 18.1. The van der Waals surface area contributed by atoms with Crippen molar-refractivity contribution in [2.75, 3.05) is 5.32 Å². The molecule has 3 rings (SSSR count). The highest BCUT2D eigenvalue weighted by molar-refractivity contribution is 6.34. The smallest absolute Gasteiger partial charge is 0.261 e. The van der Waals surface area contributed by atoms with E-state index >= 15 is 0 Å². The van der Waals surface area contributed by atoms with Gasteiger partial charge in [0.05, 0.1) is 10.6 Å². The number of halogens is 4. The van der Waals surface area contributed by atoms with Crippen LogP contribution in [0.2, 0.25) is 5.02 Å². The lowest BCUT2D eigenvalue weighted by Gasteiger charge is -2.10. The fraction of sp³-hybridized carbons (Fsp3) is 0.176. The first-order valence-electron chi connectivity index (χ1n) is 7.41. The van der Waals surface area contributed by atoms with Crippen LogP contribution in [-0.4, -0.2) is 17.9 Å². The number of rotatable bonds is 4.